The van der Waals surface area contributed by atoms with Crippen LogP contribution < -0.4 is 10.6 Å². The lowest BCUT2D eigenvalue weighted by atomic mass is 9.76. The molecule has 4 atom stereocenters. The topological polar surface area (TPSA) is 94.3 Å². The fourth-order valence-corrected chi connectivity index (χ4v) is 6.25. The number of aromatic nitrogens is 1. The molecule has 3 amide bonds. The molecule has 34 heavy (non-hydrogen) atoms. The number of unbranched alkanes of at least 4 members (excludes halogenated alkanes) is 1. The van der Waals surface area contributed by atoms with Gasteiger partial charge in [-0.25, -0.2) is 0 Å². The average Bonchev–Trinajstić information content (AvgIpc) is 3.53. The van der Waals surface area contributed by atoms with Gasteiger partial charge in [0.15, 0.2) is 0 Å². The summed E-state index contributed by atoms with van der Waals surface area (Å²) in [6.07, 6.45) is 4.06. The monoisotopic (exact) mass is 476 g/mol. The maximum Gasteiger partial charge on any atom is 0.250 e. The number of nitrogens with one attached hydrogen (secondary N) is 3. The highest BCUT2D eigenvalue weighted by Crippen LogP contribution is 2.53. The first-order valence-corrected chi connectivity index (χ1v) is 12.1. The maximum absolute atomic E-state index is 13.7. The molecule has 0 saturated carbocycles. The molecule has 3 aliphatic rings. The third-order valence-electron chi connectivity index (χ3n) is 7.62. The Hall–Kier alpha value is -3.16. The van der Waals surface area contributed by atoms with Crippen LogP contribution >= 0.6 is 11.6 Å². The number of halogens is 1. The Morgan fingerprint density at radius 1 is 1.09 bits per heavy atom. The molecule has 6 rings (SSSR count). The molecule has 1 spiro atoms. The van der Waals surface area contributed by atoms with E-state index in [1.165, 1.54) is 4.90 Å². The van der Waals surface area contributed by atoms with Crippen molar-refractivity contribution >= 4 is 45.9 Å². The first-order chi connectivity index (χ1) is 16.5. The summed E-state index contributed by atoms with van der Waals surface area (Å²) in [6.45, 7) is 2.40. The van der Waals surface area contributed by atoms with E-state index in [0.29, 0.717) is 29.2 Å². The van der Waals surface area contributed by atoms with Crippen LogP contribution in [0.4, 0.5) is 5.69 Å². The van der Waals surface area contributed by atoms with Gasteiger partial charge >= 0.3 is 0 Å². The van der Waals surface area contributed by atoms with Crippen molar-refractivity contribution in [3.63, 3.8) is 0 Å². The highest BCUT2D eigenvalue weighted by atomic mass is 35.5. The minimum atomic E-state index is -1.32. The summed E-state index contributed by atoms with van der Waals surface area (Å²) in [5.74, 6) is -2.22. The molecule has 2 aromatic carbocycles. The van der Waals surface area contributed by atoms with Crippen molar-refractivity contribution in [3.8, 4) is 0 Å². The van der Waals surface area contributed by atoms with Crippen LogP contribution in [0.5, 0.6) is 0 Å². The van der Waals surface area contributed by atoms with Crippen LogP contribution in [0.1, 0.15) is 30.9 Å². The van der Waals surface area contributed by atoms with Gasteiger partial charge in [-0.05, 0) is 42.7 Å². The highest BCUT2D eigenvalue weighted by molar-refractivity contribution is 6.31. The van der Waals surface area contributed by atoms with Crippen LogP contribution in [0, 0.1) is 11.8 Å². The maximum atomic E-state index is 13.7. The summed E-state index contributed by atoms with van der Waals surface area (Å²) >= 11 is 6.32. The molecule has 2 fully saturated rings. The number of carbonyl (C=O) groups is 3. The minimum absolute atomic E-state index is 0.194. The fraction of sp³-hybridized carbons (Fsp3) is 0.346. The summed E-state index contributed by atoms with van der Waals surface area (Å²) in [6, 6.07) is 12.8. The fourth-order valence-electron chi connectivity index (χ4n) is 6.08. The van der Waals surface area contributed by atoms with Gasteiger partial charge in [-0.15, -0.1) is 0 Å². The third-order valence-corrected chi connectivity index (χ3v) is 7.85. The Labute approximate surface area is 201 Å². The highest BCUT2D eigenvalue weighted by Gasteiger charge is 2.70. The van der Waals surface area contributed by atoms with E-state index in [4.69, 9.17) is 11.6 Å². The van der Waals surface area contributed by atoms with Crippen molar-refractivity contribution in [2.75, 3.05) is 11.9 Å². The van der Waals surface area contributed by atoms with E-state index in [1.54, 1.807) is 18.2 Å². The minimum Gasteiger partial charge on any atom is -0.361 e. The van der Waals surface area contributed by atoms with Crippen molar-refractivity contribution in [3.05, 3.63) is 64.8 Å². The van der Waals surface area contributed by atoms with Crippen molar-refractivity contribution in [1.29, 1.82) is 0 Å². The lowest BCUT2D eigenvalue weighted by Gasteiger charge is -2.29. The Morgan fingerprint density at radius 2 is 1.91 bits per heavy atom. The number of likely N-dealkylation sites (tertiary alicyclic amines) is 1. The number of imide groups is 1. The lowest BCUT2D eigenvalue weighted by Crippen LogP contribution is -2.53. The second-order valence-corrected chi connectivity index (χ2v) is 9.89. The summed E-state index contributed by atoms with van der Waals surface area (Å²) in [4.78, 5) is 45.5. The molecule has 8 heteroatoms. The van der Waals surface area contributed by atoms with Gasteiger partial charge in [0.25, 0.3) is 0 Å². The van der Waals surface area contributed by atoms with Crippen molar-refractivity contribution in [1.82, 2.24) is 15.2 Å². The SMILES string of the molecule is CCCCN1C(=O)[C@H]2[C@@H](C1=O)[C@@]1(N[C@@H]2Cc2c[nH]c3ccccc23)C(=O)Nc2ccc(Cl)cc21. The molecule has 3 aliphatic heterocycles. The van der Waals surface area contributed by atoms with Gasteiger partial charge in [-0.2, -0.15) is 0 Å². The van der Waals surface area contributed by atoms with E-state index in [1.807, 2.05) is 37.4 Å². The van der Waals surface area contributed by atoms with Gasteiger partial charge in [0.1, 0.15) is 5.54 Å². The summed E-state index contributed by atoms with van der Waals surface area (Å²) in [5.41, 5.74) is 1.99. The number of hydrogen-bond acceptors (Lipinski definition) is 4. The molecular weight excluding hydrogens is 452 g/mol. The molecule has 0 unspecified atom stereocenters. The van der Waals surface area contributed by atoms with E-state index in [9.17, 15) is 14.4 Å². The Kier molecular flexibility index (Phi) is 4.83. The predicted octanol–water partition coefficient (Wildman–Crippen LogP) is 3.58. The second-order valence-electron chi connectivity index (χ2n) is 9.45. The molecule has 7 nitrogen and oxygen atoms in total. The van der Waals surface area contributed by atoms with Gasteiger partial charge in [-0.3, -0.25) is 24.6 Å². The summed E-state index contributed by atoms with van der Waals surface area (Å²) in [5, 5.41) is 7.96. The zero-order valence-corrected chi connectivity index (χ0v) is 19.5. The number of anilines is 1. The number of amides is 3. The number of benzene rings is 2. The molecule has 3 N–H and O–H groups in total. The zero-order valence-electron chi connectivity index (χ0n) is 18.7. The number of H-pyrrole nitrogens is 1. The van der Waals surface area contributed by atoms with Crippen LogP contribution in [0.15, 0.2) is 48.7 Å². The third kappa shape index (κ3) is 2.83. The molecule has 0 aliphatic carbocycles. The van der Waals surface area contributed by atoms with Gasteiger partial charge in [0.2, 0.25) is 17.7 Å². The standard InChI is InChI=1S/C26H25ClN4O3/c1-2-3-10-31-23(32)21-20(11-14-13-28-18-7-5-4-6-16(14)18)30-26(22(21)24(31)33)17-12-15(27)8-9-19(17)29-25(26)34/h4-9,12-13,20-22,28,30H,2-3,10-11H2,1H3,(H,29,34)/t20-,21-,22+,26-/m1/s1. The number of fused-ring (bicyclic) bond motifs is 5. The number of hydrogen-bond donors (Lipinski definition) is 3. The van der Waals surface area contributed by atoms with Crippen molar-refractivity contribution in [2.45, 2.75) is 37.8 Å². The molecule has 0 bridgehead atoms. The molecule has 174 valence electrons. The van der Waals surface area contributed by atoms with E-state index in [-0.39, 0.29) is 23.8 Å². The molecular formula is C26H25ClN4O3. The van der Waals surface area contributed by atoms with Crippen LogP contribution in [0.3, 0.4) is 0 Å². The van der Waals surface area contributed by atoms with Gasteiger partial charge < -0.3 is 10.3 Å². The number of nitrogens with zero attached hydrogens (tertiary/aromatic N) is 1. The number of para-hydroxylation sites is 1. The Bertz CT molecular complexity index is 1350. The molecule has 4 heterocycles. The predicted molar refractivity (Wildman–Crippen MR) is 129 cm³/mol. The normalized spacial score (nSPS) is 27.6. The van der Waals surface area contributed by atoms with Crippen LogP contribution in [0.25, 0.3) is 10.9 Å². The molecule has 2 saturated heterocycles. The first kappa shape index (κ1) is 21.4. The number of aromatic amines is 1. The summed E-state index contributed by atoms with van der Waals surface area (Å²) in [7, 11) is 0. The molecule has 1 aromatic heterocycles. The summed E-state index contributed by atoms with van der Waals surface area (Å²) < 4.78 is 0. The van der Waals surface area contributed by atoms with E-state index >= 15 is 0 Å². The van der Waals surface area contributed by atoms with Crippen LogP contribution in [-0.2, 0) is 26.3 Å². The average molecular weight is 477 g/mol. The number of carbonyl (C=O) groups excluding carboxylic acids is 3. The van der Waals surface area contributed by atoms with Crippen LogP contribution in [0.2, 0.25) is 5.02 Å². The number of rotatable bonds is 5. The first-order valence-electron chi connectivity index (χ1n) is 11.7. The van der Waals surface area contributed by atoms with Crippen molar-refractivity contribution in [2.24, 2.45) is 11.8 Å². The quantitative estimate of drug-likeness (QED) is 0.490. The zero-order chi connectivity index (χ0) is 23.6. The van der Waals surface area contributed by atoms with Gasteiger partial charge in [0.05, 0.1) is 11.8 Å². The van der Waals surface area contributed by atoms with E-state index in [0.717, 1.165) is 29.3 Å². The Balaban J connectivity index is 1.47. The lowest BCUT2D eigenvalue weighted by molar-refractivity contribution is -0.142. The smallest absolute Gasteiger partial charge is 0.250 e. The second kappa shape index (κ2) is 7.68. The molecule has 0 radical (unpaired) electrons. The van der Waals surface area contributed by atoms with Crippen molar-refractivity contribution < 1.29 is 14.4 Å². The van der Waals surface area contributed by atoms with Gasteiger partial charge in [-0.1, -0.05) is 43.1 Å². The molecule has 3 aromatic rings. The van der Waals surface area contributed by atoms with E-state index < -0.39 is 17.4 Å². The Morgan fingerprint density at radius 3 is 2.74 bits per heavy atom. The van der Waals surface area contributed by atoms with Crippen LogP contribution in [-0.4, -0.2) is 40.2 Å². The largest absolute Gasteiger partial charge is 0.361 e. The van der Waals surface area contributed by atoms with E-state index in [2.05, 4.69) is 15.6 Å². The van der Waals surface area contributed by atoms with Gasteiger partial charge in [0, 0.05) is 46.0 Å².